The Morgan fingerprint density at radius 1 is 1.24 bits per heavy atom. The fraction of sp³-hybridized carbons (Fsp3) is 0.571. The molecule has 0 amide bonds. The van der Waals surface area contributed by atoms with Gasteiger partial charge in [-0.15, -0.1) is 0 Å². The molecule has 0 fully saturated rings. The van der Waals surface area contributed by atoms with E-state index in [0.717, 1.165) is 18.7 Å². The topological polar surface area (TPSA) is 41.5 Å². The van der Waals surface area contributed by atoms with E-state index in [1.165, 1.54) is 5.56 Å². The molecule has 1 aromatic rings. The summed E-state index contributed by atoms with van der Waals surface area (Å²) in [4.78, 5) is 0. The lowest BCUT2D eigenvalue weighted by atomic mass is 10.1. The lowest BCUT2D eigenvalue weighted by Gasteiger charge is -2.15. The molecule has 0 aliphatic heterocycles. The Hall–Kier alpha value is -1.06. The lowest BCUT2D eigenvalue weighted by Crippen LogP contribution is -2.31. The van der Waals surface area contributed by atoms with E-state index in [1.807, 2.05) is 26.0 Å². The van der Waals surface area contributed by atoms with Gasteiger partial charge in [0, 0.05) is 6.54 Å². The highest BCUT2D eigenvalue weighted by molar-refractivity contribution is 5.27. The van der Waals surface area contributed by atoms with Gasteiger partial charge in [-0.2, -0.15) is 0 Å². The number of hydrogen-bond donors (Lipinski definition) is 2. The van der Waals surface area contributed by atoms with Crippen molar-refractivity contribution in [3.63, 3.8) is 0 Å². The van der Waals surface area contributed by atoms with E-state index in [1.54, 1.807) is 7.11 Å². The zero-order chi connectivity index (χ0) is 12.7. The number of nitrogens with one attached hydrogen (secondary N) is 1. The van der Waals surface area contributed by atoms with Crippen LogP contribution in [-0.4, -0.2) is 31.4 Å². The maximum absolute atomic E-state index is 9.61. The molecule has 1 atom stereocenters. The van der Waals surface area contributed by atoms with Gasteiger partial charge in [0.15, 0.2) is 0 Å². The fourth-order valence-corrected chi connectivity index (χ4v) is 1.51. The molecule has 0 aliphatic carbocycles. The van der Waals surface area contributed by atoms with Crippen LogP contribution in [0, 0.1) is 5.92 Å². The number of aliphatic hydroxyl groups excluding tert-OH is 1. The van der Waals surface area contributed by atoms with Crippen LogP contribution in [0.2, 0.25) is 0 Å². The summed E-state index contributed by atoms with van der Waals surface area (Å²) in [6.07, 6.45) is 0.709. The largest absolute Gasteiger partial charge is 0.497 e. The van der Waals surface area contributed by atoms with Crippen LogP contribution in [0.4, 0.5) is 0 Å². The van der Waals surface area contributed by atoms with Crippen molar-refractivity contribution in [3.8, 4) is 5.75 Å². The predicted molar refractivity (Wildman–Crippen MR) is 70.4 cm³/mol. The van der Waals surface area contributed by atoms with Gasteiger partial charge in [-0.05, 0) is 36.6 Å². The second-order valence-electron chi connectivity index (χ2n) is 4.61. The van der Waals surface area contributed by atoms with Gasteiger partial charge in [0.05, 0.1) is 13.2 Å². The number of ether oxygens (including phenoxy) is 1. The zero-order valence-electron chi connectivity index (χ0n) is 10.9. The molecular weight excluding hydrogens is 214 g/mol. The van der Waals surface area contributed by atoms with Crippen LogP contribution in [0.25, 0.3) is 0 Å². The van der Waals surface area contributed by atoms with Crippen molar-refractivity contribution in [2.24, 2.45) is 5.92 Å². The molecule has 0 spiro atoms. The molecule has 1 aromatic carbocycles. The summed E-state index contributed by atoms with van der Waals surface area (Å²) in [5, 5.41) is 12.9. The van der Waals surface area contributed by atoms with E-state index in [9.17, 15) is 5.11 Å². The van der Waals surface area contributed by atoms with E-state index in [4.69, 9.17) is 4.74 Å². The number of hydrogen-bond acceptors (Lipinski definition) is 3. The molecule has 0 heterocycles. The van der Waals surface area contributed by atoms with E-state index in [-0.39, 0.29) is 6.10 Å². The molecule has 2 N–H and O–H groups in total. The van der Waals surface area contributed by atoms with E-state index in [2.05, 4.69) is 17.4 Å². The zero-order valence-corrected chi connectivity index (χ0v) is 10.9. The number of rotatable bonds is 7. The maximum Gasteiger partial charge on any atom is 0.118 e. The Balaban J connectivity index is 2.22. The van der Waals surface area contributed by atoms with Crippen LogP contribution in [0.1, 0.15) is 19.4 Å². The molecule has 3 heteroatoms. The van der Waals surface area contributed by atoms with E-state index >= 15 is 0 Å². The maximum atomic E-state index is 9.61. The van der Waals surface area contributed by atoms with Crippen molar-refractivity contribution in [2.75, 3.05) is 20.2 Å². The molecular formula is C14H23NO2. The second kappa shape index (κ2) is 7.30. The molecule has 0 aliphatic rings. The molecule has 0 radical (unpaired) electrons. The number of aliphatic hydroxyl groups is 1. The first kappa shape index (κ1) is 14.0. The molecule has 3 nitrogen and oxygen atoms in total. The van der Waals surface area contributed by atoms with E-state index in [0.29, 0.717) is 12.5 Å². The second-order valence-corrected chi connectivity index (χ2v) is 4.61. The lowest BCUT2D eigenvalue weighted by molar-refractivity contribution is 0.124. The minimum absolute atomic E-state index is 0.258. The molecule has 0 saturated heterocycles. The van der Waals surface area contributed by atoms with Crippen molar-refractivity contribution in [3.05, 3.63) is 29.8 Å². The van der Waals surface area contributed by atoms with E-state index < -0.39 is 0 Å². The van der Waals surface area contributed by atoms with Crippen LogP contribution >= 0.6 is 0 Å². The van der Waals surface area contributed by atoms with Crippen molar-refractivity contribution in [2.45, 2.75) is 26.4 Å². The Morgan fingerprint density at radius 2 is 1.88 bits per heavy atom. The summed E-state index contributed by atoms with van der Waals surface area (Å²) in [7, 11) is 1.67. The standard InChI is InChI=1S/C14H23NO2/c1-11(2)14(16)10-15-9-8-12-4-6-13(17-3)7-5-12/h4-7,11,14-16H,8-10H2,1-3H3. The van der Waals surface area contributed by atoms with Crippen LogP contribution in [0.3, 0.4) is 0 Å². The first-order valence-corrected chi connectivity index (χ1v) is 6.15. The van der Waals surface area contributed by atoms with Gasteiger partial charge >= 0.3 is 0 Å². The molecule has 1 rings (SSSR count). The highest BCUT2D eigenvalue weighted by Crippen LogP contribution is 2.11. The summed E-state index contributed by atoms with van der Waals surface area (Å²) in [6.45, 7) is 5.59. The quantitative estimate of drug-likeness (QED) is 0.711. The minimum Gasteiger partial charge on any atom is -0.497 e. The van der Waals surface area contributed by atoms with Gasteiger partial charge in [0.1, 0.15) is 5.75 Å². The molecule has 0 aromatic heterocycles. The smallest absolute Gasteiger partial charge is 0.118 e. The third-order valence-electron chi connectivity index (χ3n) is 2.87. The predicted octanol–water partition coefficient (Wildman–Crippen LogP) is 1.84. The van der Waals surface area contributed by atoms with Crippen LogP contribution in [0.15, 0.2) is 24.3 Å². The van der Waals surface area contributed by atoms with Crippen LogP contribution in [0.5, 0.6) is 5.75 Å². The summed E-state index contributed by atoms with van der Waals surface area (Å²) >= 11 is 0. The summed E-state index contributed by atoms with van der Waals surface area (Å²) in [5.74, 6) is 1.19. The van der Waals surface area contributed by atoms with Crippen LogP contribution in [-0.2, 0) is 6.42 Å². The Kier molecular flexibility index (Phi) is 6.01. The van der Waals surface area contributed by atoms with Crippen molar-refractivity contribution in [1.29, 1.82) is 0 Å². The van der Waals surface area contributed by atoms with Crippen molar-refractivity contribution in [1.82, 2.24) is 5.32 Å². The van der Waals surface area contributed by atoms with Gasteiger partial charge in [-0.1, -0.05) is 26.0 Å². The summed E-state index contributed by atoms with van der Waals surface area (Å²) < 4.78 is 5.10. The third kappa shape index (κ3) is 5.20. The average molecular weight is 237 g/mol. The normalized spacial score (nSPS) is 12.8. The summed E-state index contributed by atoms with van der Waals surface area (Å²) in [5.41, 5.74) is 1.28. The SMILES string of the molecule is COc1ccc(CCNCC(O)C(C)C)cc1. The third-order valence-corrected chi connectivity index (χ3v) is 2.87. The first-order chi connectivity index (χ1) is 8.13. The molecule has 17 heavy (non-hydrogen) atoms. The average Bonchev–Trinajstić information content (AvgIpc) is 2.35. The number of benzene rings is 1. The highest BCUT2D eigenvalue weighted by atomic mass is 16.5. The molecule has 1 unspecified atom stereocenters. The van der Waals surface area contributed by atoms with Gasteiger partial charge in [0.25, 0.3) is 0 Å². The molecule has 96 valence electrons. The number of methoxy groups -OCH3 is 1. The molecule has 0 saturated carbocycles. The van der Waals surface area contributed by atoms with Crippen LogP contribution < -0.4 is 10.1 Å². The summed E-state index contributed by atoms with van der Waals surface area (Å²) in [6, 6.07) is 8.08. The fourth-order valence-electron chi connectivity index (χ4n) is 1.51. The van der Waals surface area contributed by atoms with Crippen molar-refractivity contribution >= 4 is 0 Å². The van der Waals surface area contributed by atoms with Gasteiger partial charge < -0.3 is 15.2 Å². The van der Waals surface area contributed by atoms with Gasteiger partial charge in [0.2, 0.25) is 0 Å². The monoisotopic (exact) mass is 237 g/mol. The van der Waals surface area contributed by atoms with Gasteiger partial charge in [-0.3, -0.25) is 0 Å². The Labute approximate surface area is 104 Å². The minimum atomic E-state index is -0.258. The highest BCUT2D eigenvalue weighted by Gasteiger charge is 2.07. The first-order valence-electron chi connectivity index (χ1n) is 6.15. The molecule has 0 bridgehead atoms. The Bertz CT molecular complexity index is 309. The van der Waals surface area contributed by atoms with Gasteiger partial charge in [-0.25, -0.2) is 0 Å². The Morgan fingerprint density at radius 3 is 2.41 bits per heavy atom. The van der Waals surface area contributed by atoms with Crippen molar-refractivity contribution < 1.29 is 9.84 Å².